The Kier molecular flexibility index (Phi) is 5.01. The Bertz CT molecular complexity index is 871. The van der Waals surface area contributed by atoms with Gasteiger partial charge in [0.1, 0.15) is 0 Å². The van der Waals surface area contributed by atoms with Crippen LogP contribution in [-0.2, 0) is 19.1 Å². The van der Waals surface area contributed by atoms with Crippen molar-refractivity contribution in [3.8, 4) is 0 Å². The Labute approximate surface area is 160 Å². The highest BCUT2D eigenvalue weighted by molar-refractivity contribution is 6.05. The average Bonchev–Trinajstić information content (AvgIpc) is 3.12. The molecule has 0 unspecified atom stereocenters. The van der Waals surface area contributed by atoms with Crippen molar-refractivity contribution in [2.45, 2.75) is 38.4 Å². The second-order valence-electron chi connectivity index (χ2n) is 7.19. The summed E-state index contributed by atoms with van der Waals surface area (Å²) >= 11 is 0. The van der Waals surface area contributed by atoms with Gasteiger partial charge in [0.25, 0.3) is 5.91 Å². The molecule has 28 heavy (non-hydrogen) atoms. The molecule has 2 aliphatic heterocycles. The summed E-state index contributed by atoms with van der Waals surface area (Å²) in [5.74, 6) is -0.501. The molecule has 1 saturated heterocycles. The van der Waals surface area contributed by atoms with Gasteiger partial charge in [-0.2, -0.15) is 18.3 Å². The van der Waals surface area contributed by atoms with Crippen molar-refractivity contribution in [1.82, 2.24) is 15.5 Å². The van der Waals surface area contributed by atoms with Crippen LogP contribution in [0.5, 0.6) is 0 Å². The van der Waals surface area contributed by atoms with Crippen LogP contribution in [0.25, 0.3) is 0 Å². The second kappa shape index (κ2) is 7.46. The number of alkyl halides is 3. The maximum Gasteiger partial charge on any atom is 0.416 e. The molecule has 0 spiro atoms. The van der Waals surface area contributed by atoms with Crippen LogP contribution in [0.1, 0.15) is 46.6 Å². The topological polar surface area (TPSA) is 73.0 Å². The van der Waals surface area contributed by atoms with Gasteiger partial charge < -0.3 is 15.5 Å². The molecule has 6 nitrogen and oxygen atoms in total. The van der Waals surface area contributed by atoms with Crippen LogP contribution in [0.3, 0.4) is 0 Å². The number of aromatic amines is 1. The highest BCUT2D eigenvalue weighted by Crippen LogP contribution is 2.36. The number of amides is 1. The van der Waals surface area contributed by atoms with Gasteiger partial charge in [0, 0.05) is 43.9 Å². The number of nitrogens with one attached hydrogen (secondary N) is 3. The number of benzene rings is 1. The molecule has 3 heterocycles. The first kappa shape index (κ1) is 18.8. The minimum absolute atomic E-state index is 0.169. The largest absolute Gasteiger partial charge is 0.416 e. The Balaban J connectivity index is 1.66. The predicted molar refractivity (Wildman–Crippen MR) is 99.5 cm³/mol. The SMILES string of the molecule is O=C(Nc1cc(C(F)(F)F)ccc1N1CCCCC1)c1n[nH]c2c1CNCC2. The number of halogens is 3. The van der Waals surface area contributed by atoms with Crippen LogP contribution in [0.4, 0.5) is 24.5 Å². The highest BCUT2D eigenvalue weighted by atomic mass is 19.4. The molecule has 0 atom stereocenters. The van der Waals surface area contributed by atoms with Crippen LogP contribution in [0, 0.1) is 0 Å². The third-order valence-electron chi connectivity index (χ3n) is 5.29. The third-order valence-corrected chi connectivity index (χ3v) is 5.29. The Hall–Kier alpha value is -2.55. The van der Waals surface area contributed by atoms with E-state index in [9.17, 15) is 18.0 Å². The quantitative estimate of drug-likeness (QED) is 0.748. The maximum atomic E-state index is 13.2. The van der Waals surface area contributed by atoms with Gasteiger partial charge in [0.15, 0.2) is 5.69 Å². The lowest BCUT2D eigenvalue weighted by Gasteiger charge is -2.31. The predicted octanol–water partition coefficient (Wildman–Crippen LogP) is 3.32. The average molecular weight is 393 g/mol. The first-order valence-electron chi connectivity index (χ1n) is 9.48. The van der Waals surface area contributed by atoms with E-state index in [0.717, 1.165) is 68.7 Å². The summed E-state index contributed by atoms with van der Waals surface area (Å²) in [6.07, 6.45) is -0.682. The van der Waals surface area contributed by atoms with E-state index in [4.69, 9.17) is 0 Å². The van der Waals surface area contributed by atoms with Gasteiger partial charge in [-0.25, -0.2) is 0 Å². The molecule has 1 aromatic carbocycles. The number of hydrogen-bond acceptors (Lipinski definition) is 4. The van der Waals surface area contributed by atoms with Crippen molar-refractivity contribution in [3.63, 3.8) is 0 Å². The lowest BCUT2D eigenvalue weighted by molar-refractivity contribution is -0.137. The first-order valence-corrected chi connectivity index (χ1v) is 9.48. The Morgan fingerprint density at radius 2 is 1.96 bits per heavy atom. The number of nitrogens with zero attached hydrogens (tertiary/aromatic N) is 2. The highest BCUT2D eigenvalue weighted by Gasteiger charge is 2.32. The summed E-state index contributed by atoms with van der Waals surface area (Å²) in [5, 5.41) is 12.8. The van der Waals surface area contributed by atoms with E-state index in [-0.39, 0.29) is 11.4 Å². The zero-order valence-corrected chi connectivity index (χ0v) is 15.3. The molecule has 2 aromatic rings. The zero-order valence-electron chi connectivity index (χ0n) is 15.3. The maximum absolute atomic E-state index is 13.2. The van der Waals surface area contributed by atoms with E-state index in [1.54, 1.807) is 0 Å². The molecule has 4 rings (SSSR count). The number of anilines is 2. The number of carbonyl (C=O) groups excluding carboxylic acids is 1. The molecule has 2 aliphatic rings. The van der Waals surface area contributed by atoms with Crippen molar-refractivity contribution >= 4 is 17.3 Å². The van der Waals surface area contributed by atoms with Gasteiger partial charge in [-0.05, 0) is 37.5 Å². The summed E-state index contributed by atoms with van der Waals surface area (Å²) in [4.78, 5) is 14.9. The van der Waals surface area contributed by atoms with E-state index in [0.29, 0.717) is 12.2 Å². The van der Waals surface area contributed by atoms with Gasteiger partial charge in [-0.1, -0.05) is 0 Å². The van der Waals surface area contributed by atoms with Crippen molar-refractivity contribution in [2.75, 3.05) is 29.9 Å². The third kappa shape index (κ3) is 3.71. The summed E-state index contributed by atoms with van der Waals surface area (Å²) in [7, 11) is 0. The van der Waals surface area contributed by atoms with Crippen LogP contribution < -0.4 is 15.5 Å². The summed E-state index contributed by atoms with van der Waals surface area (Å²) in [5.41, 5.74) is 1.89. The molecule has 1 fully saturated rings. The number of fused-ring (bicyclic) bond motifs is 1. The van der Waals surface area contributed by atoms with Gasteiger partial charge in [-0.3, -0.25) is 9.89 Å². The second-order valence-corrected chi connectivity index (χ2v) is 7.19. The Morgan fingerprint density at radius 1 is 1.18 bits per heavy atom. The lowest BCUT2D eigenvalue weighted by Crippen LogP contribution is -2.31. The fourth-order valence-corrected chi connectivity index (χ4v) is 3.82. The standard InChI is InChI=1S/C19H22F3N5O/c20-19(21,22)12-4-5-16(27-8-2-1-3-9-27)15(10-12)24-18(28)17-13-11-23-7-6-14(13)25-26-17/h4-5,10,23H,1-3,6-9,11H2,(H,24,28)(H,25,26). The molecule has 1 amide bonds. The number of H-pyrrole nitrogens is 1. The monoisotopic (exact) mass is 393 g/mol. The molecule has 150 valence electrons. The van der Waals surface area contributed by atoms with Crippen LogP contribution >= 0.6 is 0 Å². The van der Waals surface area contributed by atoms with Crippen LogP contribution in [-0.4, -0.2) is 35.7 Å². The molecule has 0 bridgehead atoms. The summed E-state index contributed by atoms with van der Waals surface area (Å²) in [6, 6.07) is 3.53. The minimum Gasteiger partial charge on any atom is -0.370 e. The van der Waals surface area contributed by atoms with E-state index in [1.807, 2.05) is 4.90 Å². The van der Waals surface area contributed by atoms with Gasteiger partial charge >= 0.3 is 6.18 Å². The molecule has 0 aliphatic carbocycles. The summed E-state index contributed by atoms with van der Waals surface area (Å²) in [6.45, 7) is 2.82. The lowest BCUT2D eigenvalue weighted by atomic mass is 10.1. The Morgan fingerprint density at radius 3 is 2.71 bits per heavy atom. The molecular formula is C19H22F3N5O. The first-order chi connectivity index (χ1) is 13.4. The molecule has 9 heteroatoms. The number of aromatic nitrogens is 2. The van der Waals surface area contributed by atoms with Crippen LogP contribution in [0.2, 0.25) is 0 Å². The molecule has 0 saturated carbocycles. The number of piperidine rings is 1. The normalized spacial score (nSPS) is 17.3. The van der Waals surface area contributed by atoms with Crippen molar-refractivity contribution in [3.05, 3.63) is 40.7 Å². The fraction of sp³-hybridized carbons (Fsp3) is 0.474. The summed E-state index contributed by atoms with van der Waals surface area (Å²) < 4.78 is 39.7. The number of hydrogen-bond donors (Lipinski definition) is 3. The van der Waals surface area contributed by atoms with Crippen molar-refractivity contribution < 1.29 is 18.0 Å². The van der Waals surface area contributed by atoms with Crippen molar-refractivity contribution in [1.29, 1.82) is 0 Å². The van der Waals surface area contributed by atoms with Crippen molar-refractivity contribution in [2.24, 2.45) is 0 Å². The van der Waals surface area contributed by atoms with E-state index >= 15 is 0 Å². The minimum atomic E-state index is -4.48. The molecule has 0 radical (unpaired) electrons. The van der Waals surface area contributed by atoms with E-state index < -0.39 is 17.6 Å². The molecule has 3 N–H and O–H groups in total. The van der Waals surface area contributed by atoms with E-state index in [2.05, 4.69) is 20.8 Å². The van der Waals surface area contributed by atoms with Crippen LogP contribution in [0.15, 0.2) is 18.2 Å². The smallest absolute Gasteiger partial charge is 0.370 e. The number of rotatable bonds is 3. The molecular weight excluding hydrogens is 371 g/mol. The zero-order chi connectivity index (χ0) is 19.7. The van der Waals surface area contributed by atoms with Gasteiger partial charge in [0.05, 0.1) is 16.9 Å². The molecule has 1 aromatic heterocycles. The fourth-order valence-electron chi connectivity index (χ4n) is 3.82. The number of carbonyl (C=O) groups is 1. The van der Waals surface area contributed by atoms with E-state index in [1.165, 1.54) is 6.07 Å². The van der Waals surface area contributed by atoms with Gasteiger partial charge in [-0.15, -0.1) is 0 Å². The van der Waals surface area contributed by atoms with Gasteiger partial charge in [0.2, 0.25) is 0 Å².